The molecule has 2 heteroatoms. The van der Waals surface area contributed by atoms with Crippen LogP contribution < -0.4 is 0 Å². The Morgan fingerprint density at radius 1 is 1.27 bits per heavy atom. The summed E-state index contributed by atoms with van der Waals surface area (Å²) in [5, 5.41) is 9.79. The first-order valence-corrected chi connectivity index (χ1v) is 6.69. The number of rotatable bonds is 6. The van der Waals surface area contributed by atoms with Crippen LogP contribution in [0.2, 0.25) is 0 Å². The van der Waals surface area contributed by atoms with Gasteiger partial charge < -0.3 is 5.11 Å². The highest BCUT2D eigenvalue weighted by Crippen LogP contribution is 2.10. The van der Waals surface area contributed by atoms with Crippen molar-refractivity contribution in [3.05, 3.63) is 35.4 Å². The van der Waals surface area contributed by atoms with Gasteiger partial charge in [-0.2, -0.15) is 11.8 Å². The van der Waals surface area contributed by atoms with Gasteiger partial charge in [-0.15, -0.1) is 0 Å². The van der Waals surface area contributed by atoms with Crippen molar-refractivity contribution in [3.8, 4) is 0 Å². The van der Waals surface area contributed by atoms with E-state index in [-0.39, 0.29) is 6.10 Å². The molecule has 0 aromatic heterocycles. The summed E-state index contributed by atoms with van der Waals surface area (Å²) in [4.78, 5) is 0. The first-order valence-electron chi connectivity index (χ1n) is 5.53. The monoisotopic (exact) mass is 224 g/mol. The Balaban J connectivity index is 2.31. The van der Waals surface area contributed by atoms with Gasteiger partial charge in [0, 0.05) is 0 Å². The molecule has 0 saturated heterocycles. The summed E-state index contributed by atoms with van der Waals surface area (Å²) in [6, 6.07) is 8.41. The second-order valence-electron chi connectivity index (χ2n) is 3.83. The van der Waals surface area contributed by atoms with Crippen molar-refractivity contribution in [1.82, 2.24) is 0 Å². The molecule has 0 heterocycles. The molecule has 0 saturated carbocycles. The summed E-state index contributed by atoms with van der Waals surface area (Å²) in [5.41, 5.74) is 2.50. The minimum absolute atomic E-state index is 0.188. The van der Waals surface area contributed by atoms with Crippen molar-refractivity contribution in [3.63, 3.8) is 0 Å². The van der Waals surface area contributed by atoms with E-state index in [1.165, 1.54) is 11.1 Å². The van der Waals surface area contributed by atoms with Gasteiger partial charge in [-0.3, -0.25) is 0 Å². The summed E-state index contributed by atoms with van der Waals surface area (Å²) < 4.78 is 0. The number of aryl methyl sites for hydroxylation is 1. The van der Waals surface area contributed by atoms with Crippen LogP contribution in [-0.2, 0) is 6.42 Å². The quantitative estimate of drug-likeness (QED) is 0.749. The average molecular weight is 224 g/mol. The number of aliphatic hydroxyl groups is 1. The molecule has 1 unspecified atom stereocenters. The van der Waals surface area contributed by atoms with Crippen LogP contribution in [0.5, 0.6) is 0 Å². The molecule has 0 radical (unpaired) electrons. The number of hydrogen-bond donors (Lipinski definition) is 1. The summed E-state index contributed by atoms with van der Waals surface area (Å²) in [6.45, 7) is 4.23. The van der Waals surface area contributed by atoms with Crippen molar-refractivity contribution in [1.29, 1.82) is 0 Å². The third-order valence-corrected chi connectivity index (χ3v) is 3.32. The topological polar surface area (TPSA) is 20.2 Å². The van der Waals surface area contributed by atoms with Gasteiger partial charge in [0.15, 0.2) is 0 Å². The summed E-state index contributed by atoms with van der Waals surface area (Å²) in [7, 11) is 0. The van der Waals surface area contributed by atoms with E-state index >= 15 is 0 Å². The molecule has 0 aliphatic rings. The Morgan fingerprint density at radius 2 is 1.93 bits per heavy atom. The highest BCUT2D eigenvalue weighted by Gasteiger charge is 2.04. The zero-order valence-corrected chi connectivity index (χ0v) is 10.4. The van der Waals surface area contributed by atoms with Gasteiger partial charge in [-0.25, -0.2) is 0 Å². The van der Waals surface area contributed by atoms with E-state index in [1.54, 1.807) is 0 Å². The molecule has 0 amide bonds. The minimum atomic E-state index is -0.188. The molecule has 0 aliphatic heterocycles. The number of hydrogen-bond acceptors (Lipinski definition) is 2. The fourth-order valence-corrected chi connectivity index (χ4v) is 2.19. The molecule has 0 aliphatic carbocycles. The highest BCUT2D eigenvalue weighted by atomic mass is 32.2. The molecule has 1 rings (SSSR count). The normalized spacial score (nSPS) is 12.7. The van der Waals surface area contributed by atoms with Crippen molar-refractivity contribution in [2.24, 2.45) is 0 Å². The predicted octanol–water partition coefficient (Wildman–Crippen LogP) is 3.04. The lowest BCUT2D eigenvalue weighted by Gasteiger charge is -2.10. The van der Waals surface area contributed by atoms with Gasteiger partial charge in [0.1, 0.15) is 0 Å². The van der Waals surface area contributed by atoms with Crippen molar-refractivity contribution in [2.75, 3.05) is 11.5 Å². The maximum Gasteiger partial charge on any atom is 0.0588 e. The zero-order chi connectivity index (χ0) is 11.1. The van der Waals surface area contributed by atoms with Gasteiger partial charge in [0.05, 0.1) is 6.10 Å². The summed E-state index contributed by atoms with van der Waals surface area (Å²) in [6.07, 6.45) is 1.49. The summed E-state index contributed by atoms with van der Waals surface area (Å²) in [5.74, 6) is 2.20. The maximum atomic E-state index is 9.79. The molecule has 0 spiro atoms. The van der Waals surface area contributed by atoms with Crippen LogP contribution in [0.1, 0.15) is 24.5 Å². The Morgan fingerprint density at radius 3 is 2.53 bits per heavy atom. The van der Waals surface area contributed by atoms with E-state index < -0.39 is 0 Å². The molecule has 0 bridgehead atoms. The lowest BCUT2D eigenvalue weighted by atomic mass is 10.1. The van der Waals surface area contributed by atoms with E-state index in [0.29, 0.717) is 0 Å². The predicted molar refractivity (Wildman–Crippen MR) is 68.5 cm³/mol. The molecule has 84 valence electrons. The first kappa shape index (κ1) is 12.6. The van der Waals surface area contributed by atoms with Gasteiger partial charge >= 0.3 is 0 Å². The first-order chi connectivity index (χ1) is 7.22. The molecule has 1 atom stereocenters. The lowest BCUT2D eigenvalue weighted by Crippen LogP contribution is -2.11. The van der Waals surface area contributed by atoms with Gasteiger partial charge in [0.25, 0.3) is 0 Å². The smallest absolute Gasteiger partial charge is 0.0588 e. The zero-order valence-electron chi connectivity index (χ0n) is 9.57. The number of benzene rings is 1. The SMILES string of the molecule is CCSCCC(O)Cc1ccc(C)cc1. The van der Waals surface area contributed by atoms with Crippen LogP contribution in [0.3, 0.4) is 0 Å². The standard InChI is InChI=1S/C13H20OS/c1-3-15-9-8-13(14)10-12-6-4-11(2)5-7-12/h4-7,13-14H,3,8-10H2,1-2H3. The van der Waals surface area contributed by atoms with Crippen LogP contribution in [-0.4, -0.2) is 22.7 Å². The third-order valence-electron chi connectivity index (χ3n) is 2.39. The average Bonchev–Trinajstić information content (AvgIpc) is 2.22. The van der Waals surface area contributed by atoms with Crippen molar-refractivity contribution in [2.45, 2.75) is 32.8 Å². The number of thioether (sulfide) groups is 1. The van der Waals surface area contributed by atoms with Crippen LogP contribution in [0.25, 0.3) is 0 Å². The Labute approximate surface area is 96.9 Å². The molecule has 0 fully saturated rings. The fourth-order valence-electron chi connectivity index (χ4n) is 1.46. The number of aliphatic hydroxyl groups excluding tert-OH is 1. The third kappa shape index (κ3) is 5.24. The van der Waals surface area contributed by atoms with Gasteiger partial charge in [0.2, 0.25) is 0 Å². The van der Waals surface area contributed by atoms with E-state index in [0.717, 1.165) is 24.3 Å². The van der Waals surface area contributed by atoms with E-state index in [9.17, 15) is 5.11 Å². The molecule has 1 aromatic carbocycles. The highest BCUT2D eigenvalue weighted by molar-refractivity contribution is 7.99. The molecule has 1 N–H and O–H groups in total. The van der Waals surface area contributed by atoms with E-state index in [1.807, 2.05) is 11.8 Å². The van der Waals surface area contributed by atoms with Gasteiger partial charge in [-0.05, 0) is 36.8 Å². The Bertz CT molecular complexity index is 268. The Kier molecular flexibility index (Phi) is 5.81. The van der Waals surface area contributed by atoms with Crippen LogP contribution in [0.4, 0.5) is 0 Å². The van der Waals surface area contributed by atoms with E-state index in [4.69, 9.17) is 0 Å². The van der Waals surface area contributed by atoms with Crippen LogP contribution in [0, 0.1) is 6.92 Å². The van der Waals surface area contributed by atoms with Crippen LogP contribution in [0.15, 0.2) is 24.3 Å². The van der Waals surface area contributed by atoms with Crippen molar-refractivity contribution >= 4 is 11.8 Å². The molecule has 1 nitrogen and oxygen atoms in total. The van der Waals surface area contributed by atoms with Crippen LogP contribution >= 0.6 is 11.8 Å². The van der Waals surface area contributed by atoms with Crippen molar-refractivity contribution < 1.29 is 5.11 Å². The molecular formula is C13H20OS. The minimum Gasteiger partial charge on any atom is -0.393 e. The second-order valence-corrected chi connectivity index (χ2v) is 5.22. The second kappa shape index (κ2) is 6.91. The maximum absolute atomic E-state index is 9.79. The summed E-state index contributed by atoms with van der Waals surface area (Å²) >= 11 is 1.89. The lowest BCUT2D eigenvalue weighted by molar-refractivity contribution is 0.172. The van der Waals surface area contributed by atoms with E-state index in [2.05, 4.69) is 38.1 Å². The largest absolute Gasteiger partial charge is 0.393 e. The molecule has 1 aromatic rings. The van der Waals surface area contributed by atoms with Gasteiger partial charge in [-0.1, -0.05) is 36.8 Å². The Hall–Kier alpha value is -0.470. The fraction of sp³-hybridized carbons (Fsp3) is 0.538. The molecular weight excluding hydrogens is 204 g/mol. The molecule has 15 heavy (non-hydrogen) atoms.